The fourth-order valence-electron chi connectivity index (χ4n) is 2.01. The molecule has 0 spiro atoms. The Morgan fingerprint density at radius 3 is 2.57 bits per heavy atom. The number of nitrogens with one attached hydrogen (secondary N) is 1. The van der Waals surface area contributed by atoms with Gasteiger partial charge in [-0.15, -0.1) is 0 Å². The van der Waals surface area contributed by atoms with Gasteiger partial charge >= 0.3 is 0 Å². The van der Waals surface area contributed by atoms with Crippen molar-refractivity contribution in [2.75, 3.05) is 4.72 Å². The smallest absolute Gasteiger partial charge is 0.262 e. The number of halogens is 1. The Labute approximate surface area is 123 Å². The van der Waals surface area contributed by atoms with E-state index in [4.69, 9.17) is 5.73 Å². The summed E-state index contributed by atoms with van der Waals surface area (Å²) in [6.45, 7) is 3.73. The van der Waals surface area contributed by atoms with Crippen LogP contribution in [-0.4, -0.2) is 8.42 Å². The maximum atomic E-state index is 13.4. The maximum absolute atomic E-state index is 13.4. The quantitative estimate of drug-likeness (QED) is 0.912. The molecule has 0 fully saturated rings. The standard InChI is InChI=1S/C15H17FN2O2S/c1-10-4-3-5-14(11(10)2)18-21(19,20)15-8-13(16)7-6-12(15)9-17/h3-8,18H,9,17H2,1-2H3. The number of nitrogens with two attached hydrogens (primary N) is 1. The molecule has 2 rings (SSSR count). The molecule has 0 bridgehead atoms. The molecule has 0 radical (unpaired) electrons. The van der Waals surface area contributed by atoms with Crippen molar-refractivity contribution < 1.29 is 12.8 Å². The molecule has 0 saturated carbocycles. The summed E-state index contributed by atoms with van der Waals surface area (Å²) in [7, 11) is -3.89. The lowest BCUT2D eigenvalue weighted by Gasteiger charge is -2.14. The minimum Gasteiger partial charge on any atom is -0.326 e. The SMILES string of the molecule is Cc1cccc(NS(=O)(=O)c2cc(F)ccc2CN)c1C. The van der Waals surface area contributed by atoms with Crippen LogP contribution in [0.4, 0.5) is 10.1 Å². The van der Waals surface area contributed by atoms with Gasteiger partial charge in [0.25, 0.3) is 10.0 Å². The first-order valence-corrected chi connectivity index (χ1v) is 7.91. The molecule has 21 heavy (non-hydrogen) atoms. The average molecular weight is 308 g/mol. The summed E-state index contributed by atoms with van der Waals surface area (Å²) in [5, 5.41) is 0. The van der Waals surface area contributed by atoms with Crippen LogP contribution in [0.15, 0.2) is 41.3 Å². The number of aryl methyl sites for hydroxylation is 1. The van der Waals surface area contributed by atoms with E-state index in [1.54, 1.807) is 12.1 Å². The highest BCUT2D eigenvalue weighted by molar-refractivity contribution is 7.92. The second kappa shape index (κ2) is 5.83. The third-order valence-corrected chi connectivity index (χ3v) is 4.84. The zero-order chi connectivity index (χ0) is 15.6. The summed E-state index contributed by atoms with van der Waals surface area (Å²) in [6.07, 6.45) is 0. The van der Waals surface area contributed by atoms with Crippen molar-refractivity contribution in [3.63, 3.8) is 0 Å². The molecular formula is C15H17FN2O2S. The van der Waals surface area contributed by atoms with E-state index in [0.717, 1.165) is 17.2 Å². The fourth-order valence-corrected chi connectivity index (χ4v) is 3.39. The summed E-state index contributed by atoms with van der Waals surface area (Å²) in [5.74, 6) is -0.617. The zero-order valence-corrected chi connectivity index (χ0v) is 12.7. The van der Waals surface area contributed by atoms with Crippen molar-refractivity contribution in [2.24, 2.45) is 5.73 Å². The third-order valence-electron chi connectivity index (χ3n) is 3.39. The van der Waals surface area contributed by atoms with Gasteiger partial charge in [-0.05, 0) is 48.7 Å². The third kappa shape index (κ3) is 3.22. The molecule has 112 valence electrons. The van der Waals surface area contributed by atoms with Gasteiger partial charge in [0.05, 0.1) is 10.6 Å². The van der Waals surface area contributed by atoms with Gasteiger partial charge in [-0.3, -0.25) is 4.72 Å². The molecule has 4 nitrogen and oxygen atoms in total. The Balaban J connectivity index is 2.48. The van der Waals surface area contributed by atoms with Crippen LogP contribution in [-0.2, 0) is 16.6 Å². The monoisotopic (exact) mass is 308 g/mol. The van der Waals surface area contributed by atoms with Crippen molar-refractivity contribution in [1.29, 1.82) is 0 Å². The maximum Gasteiger partial charge on any atom is 0.262 e. The lowest BCUT2D eigenvalue weighted by Crippen LogP contribution is -2.17. The van der Waals surface area contributed by atoms with Gasteiger partial charge in [0.2, 0.25) is 0 Å². The number of hydrogen-bond donors (Lipinski definition) is 2. The summed E-state index contributed by atoms with van der Waals surface area (Å²) in [5.41, 5.74) is 8.17. The summed E-state index contributed by atoms with van der Waals surface area (Å²) < 4.78 is 40.8. The molecule has 0 heterocycles. The largest absolute Gasteiger partial charge is 0.326 e. The molecule has 6 heteroatoms. The normalized spacial score (nSPS) is 11.4. The number of anilines is 1. The van der Waals surface area contributed by atoms with Crippen molar-refractivity contribution in [2.45, 2.75) is 25.3 Å². The van der Waals surface area contributed by atoms with Gasteiger partial charge < -0.3 is 5.73 Å². The highest BCUT2D eigenvalue weighted by atomic mass is 32.2. The van der Waals surface area contributed by atoms with Gasteiger partial charge in [0.1, 0.15) is 5.82 Å². The first-order valence-electron chi connectivity index (χ1n) is 6.42. The van der Waals surface area contributed by atoms with E-state index in [-0.39, 0.29) is 11.4 Å². The molecule has 0 aliphatic heterocycles. The van der Waals surface area contributed by atoms with Crippen LogP contribution < -0.4 is 10.5 Å². The van der Waals surface area contributed by atoms with Crippen LogP contribution in [0.2, 0.25) is 0 Å². The Bertz CT molecular complexity index is 773. The number of sulfonamides is 1. The molecule has 3 N–H and O–H groups in total. The molecule has 0 unspecified atom stereocenters. The molecule has 0 aliphatic rings. The molecule has 0 amide bonds. The minimum absolute atomic E-state index is 0.0172. The van der Waals surface area contributed by atoms with Crippen molar-refractivity contribution in [3.05, 3.63) is 58.9 Å². The fraction of sp³-hybridized carbons (Fsp3) is 0.200. The molecular weight excluding hydrogens is 291 g/mol. The Kier molecular flexibility index (Phi) is 4.29. The van der Waals surface area contributed by atoms with Crippen LogP contribution >= 0.6 is 0 Å². The van der Waals surface area contributed by atoms with Gasteiger partial charge in [-0.1, -0.05) is 18.2 Å². The number of rotatable bonds is 4. The number of hydrogen-bond acceptors (Lipinski definition) is 3. The predicted molar refractivity (Wildman–Crippen MR) is 81.0 cm³/mol. The van der Waals surface area contributed by atoms with Crippen molar-refractivity contribution in [3.8, 4) is 0 Å². The number of benzene rings is 2. The molecule has 2 aromatic rings. The first kappa shape index (κ1) is 15.5. The van der Waals surface area contributed by atoms with E-state index in [1.807, 2.05) is 19.9 Å². The van der Waals surface area contributed by atoms with Crippen LogP contribution in [0.25, 0.3) is 0 Å². The van der Waals surface area contributed by atoms with E-state index in [9.17, 15) is 12.8 Å². The zero-order valence-electron chi connectivity index (χ0n) is 11.9. The highest BCUT2D eigenvalue weighted by Crippen LogP contribution is 2.24. The van der Waals surface area contributed by atoms with Gasteiger partial charge in [-0.2, -0.15) is 0 Å². The highest BCUT2D eigenvalue weighted by Gasteiger charge is 2.20. The van der Waals surface area contributed by atoms with Gasteiger partial charge in [-0.25, -0.2) is 12.8 Å². The lowest BCUT2D eigenvalue weighted by molar-refractivity contribution is 0.593. The van der Waals surface area contributed by atoms with E-state index in [1.165, 1.54) is 12.1 Å². The topological polar surface area (TPSA) is 72.2 Å². The van der Waals surface area contributed by atoms with E-state index in [0.29, 0.717) is 11.3 Å². The second-order valence-electron chi connectivity index (χ2n) is 4.81. The van der Waals surface area contributed by atoms with Crippen LogP contribution in [0.3, 0.4) is 0 Å². The minimum atomic E-state index is -3.89. The molecule has 0 atom stereocenters. The first-order chi connectivity index (χ1) is 9.85. The Morgan fingerprint density at radius 2 is 1.90 bits per heavy atom. The molecule has 0 saturated heterocycles. The summed E-state index contributed by atoms with van der Waals surface area (Å²) >= 11 is 0. The summed E-state index contributed by atoms with van der Waals surface area (Å²) in [6, 6.07) is 8.87. The van der Waals surface area contributed by atoms with Crippen LogP contribution in [0.5, 0.6) is 0 Å². The Hall–Kier alpha value is -1.92. The molecule has 0 aromatic heterocycles. The Morgan fingerprint density at radius 1 is 1.19 bits per heavy atom. The van der Waals surface area contributed by atoms with Crippen molar-refractivity contribution in [1.82, 2.24) is 0 Å². The average Bonchev–Trinajstić information content (AvgIpc) is 2.44. The lowest BCUT2D eigenvalue weighted by atomic mass is 10.1. The van der Waals surface area contributed by atoms with E-state index < -0.39 is 15.8 Å². The van der Waals surface area contributed by atoms with Crippen LogP contribution in [0, 0.1) is 19.7 Å². The van der Waals surface area contributed by atoms with Gasteiger partial charge in [0.15, 0.2) is 0 Å². The van der Waals surface area contributed by atoms with Crippen molar-refractivity contribution >= 4 is 15.7 Å². The second-order valence-corrected chi connectivity index (χ2v) is 6.46. The van der Waals surface area contributed by atoms with E-state index in [2.05, 4.69) is 4.72 Å². The van der Waals surface area contributed by atoms with Crippen LogP contribution in [0.1, 0.15) is 16.7 Å². The molecule has 0 aliphatic carbocycles. The molecule has 2 aromatic carbocycles. The van der Waals surface area contributed by atoms with E-state index >= 15 is 0 Å². The summed E-state index contributed by atoms with van der Waals surface area (Å²) in [4.78, 5) is -0.133. The van der Waals surface area contributed by atoms with Gasteiger partial charge in [0, 0.05) is 6.54 Å². The predicted octanol–water partition coefficient (Wildman–Crippen LogP) is 2.70.